The van der Waals surface area contributed by atoms with Crippen molar-refractivity contribution in [3.63, 3.8) is 0 Å². The van der Waals surface area contributed by atoms with E-state index in [2.05, 4.69) is 154 Å². The van der Waals surface area contributed by atoms with Gasteiger partial charge in [-0.25, -0.2) is 4.79 Å². The molecule has 0 aromatic heterocycles. The minimum Gasteiger partial charge on any atom is -0.479 e. The molecule has 1 heterocycles. The van der Waals surface area contributed by atoms with Crippen LogP contribution < -0.4 is 0 Å². The smallest absolute Gasteiger partial charge is 0.335 e. The second-order valence-corrected chi connectivity index (χ2v) is 20.9. The minimum atomic E-state index is -1.94. The molecule has 0 spiro atoms. The van der Waals surface area contributed by atoms with Gasteiger partial charge in [-0.3, -0.25) is 14.4 Å². The molecule has 0 aliphatic carbocycles. The highest BCUT2D eigenvalue weighted by atomic mass is 16.7. The lowest BCUT2D eigenvalue weighted by molar-refractivity contribution is -0.301. The van der Waals surface area contributed by atoms with Gasteiger partial charge in [0.15, 0.2) is 24.6 Å². The van der Waals surface area contributed by atoms with Gasteiger partial charge in [-0.05, 0) is 135 Å². The molecule has 1 aliphatic heterocycles. The zero-order valence-corrected chi connectivity index (χ0v) is 51.4. The minimum absolute atomic E-state index is 0.0306. The van der Waals surface area contributed by atoms with Crippen molar-refractivity contribution in [3.05, 3.63) is 146 Å². The summed E-state index contributed by atoms with van der Waals surface area (Å²) in [5.74, 6) is -3.27. The molecule has 0 amide bonds. The normalized spacial score (nSPS) is 18.6. The molecule has 1 saturated heterocycles. The van der Waals surface area contributed by atoms with Crippen molar-refractivity contribution in [1.82, 2.24) is 0 Å². The van der Waals surface area contributed by atoms with E-state index in [4.69, 9.17) is 23.7 Å². The Bertz CT molecular complexity index is 2000. The van der Waals surface area contributed by atoms with Crippen molar-refractivity contribution in [2.24, 2.45) is 0 Å². The highest BCUT2D eigenvalue weighted by Crippen LogP contribution is 2.26. The van der Waals surface area contributed by atoms with Crippen LogP contribution >= 0.6 is 0 Å². The van der Waals surface area contributed by atoms with Crippen molar-refractivity contribution in [1.29, 1.82) is 0 Å². The Kier molecular flexibility index (Phi) is 52.0. The number of aliphatic carboxylic acids is 1. The number of carbonyl (C=O) groups excluding carboxylic acids is 3. The number of carboxylic acid groups (broad SMARTS) is 1. The van der Waals surface area contributed by atoms with Gasteiger partial charge in [-0.1, -0.05) is 218 Å². The third kappa shape index (κ3) is 46.6. The van der Waals surface area contributed by atoms with Crippen molar-refractivity contribution in [2.45, 2.75) is 263 Å². The van der Waals surface area contributed by atoms with Crippen molar-refractivity contribution >= 4 is 23.9 Å². The molecule has 83 heavy (non-hydrogen) atoms. The first kappa shape index (κ1) is 75.6. The van der Waals surface area contributed by atoms with Gasteiger partial charge in [0.1, 0.15) is 18.8 Å². The van der Waals surface area contributed by atoms with E-state index in [1.807, 2.05) is 12.2 Å². The van der Waals surface area contributed by atoms with Crippen LogP contribution in [0.4, 0.5) is 0 Å². The fraction of sp³-hybridized carbons (Fsp3) is 0.606. The van der Waals surface area contributed by atoms with E-state index in [0.717, 1.165) is 135 Å². The van der Waals surface area contributed by atoms with Crippen LogP contribution in [0, 0.1) is 0 Å². The van der Waals surface area contributed by atoms with E-state index in [-0.39, 0.29) is 25.9 Å². The molecule has 1 rings (SSSR count). The number of carbonyl (C=O) groups is 4. The fourth-order valence-corrected chi connectivity index (χ4v) is 8.58. The second-order valence-electron chi connectivity index (χ2n) is 20.9. The molecule has 0 aromatic rings. The molecule has 12 nitrogen and oxygen atoms in total. The number of aliphatic hydroxyl groups excluding tert-OH is 2. The summed E-state index contributed by atoms with van der Waals surface area (Å²) in [5.41, 5.74) is 0. The first-order valence-electron chi connectivity index (χ1n) is 31.8. The Balaban J connectivity index is 2.74. The molecule has 6 unspecified atom stereocenters. The molecular formula is C71H110O12. The number of hydrogen-bond donors (Lipinski definition) is 3. The maximum absolute atomic E-state index is 13.2. The molecule has 3 N–H and O–H groups in total. The number of rotatable bonds is 52. The van der Waals surface area contributed by atoms with Gasteiger partial charge in [0.05, 0.1) is 6.61 Å². The number of hydrogen-bond acceptors (Lipinski definition) is 11. The van der Waals surface area contributed by atoms with Gasteiger partial charge in [0.2, 0.25) is 0 Å². The monoisotopic (exact) mass is 1150 g/mol. The first-order chi connectivity index (χ1) is 40.6. The molecule has 12 heteroatoms. The number of unbranched alkanes of at least 4 members (excludes halogenated alkanes) is 14. The van der Waals surface area contributed by atoms with E-state index in [0.29, 0.717) is 25.7 Å². The van der Waals surface area contributed by atoms with E-state index in [9.17, 15) is 34.5 Å². The van der Waals surface area contributed by atoms with E-state index >= 15 is 0 Å². The van der Waals surface area contributed by atoms with E-state index in [1.54, 1.807) is 0 Å². The van der Waals surface area contributed by atoms with Gasteiger partial charge < -0.3 is 39.0 Å². The molecule has 0 bridgehead atoms. The Morgan fingerprint density at radius 3 is 1.19 bits per heavy atom. The van der Waals surface area contributed by atoms with E-state index < -0.39 is 67.3 Å². The predicted molar refractivity (Wildman–Crippen MR) is 339 cm³/mol. The molecule has 0 radical (unpaired) electrons. The van der Waals surface area contributed by atoms with Crippen LogP contribution in [0.2, 0.25) is 0 Å². The predicted octanol–water partition coefficient (Wildman–Crippen LogP) is 17.1. The summed E-state index contributed by atoms with van der Waals surface area (Å²) >= 11 is 0. The average Bonchev–Trinajstić information content (AvgIpc) is 3.55. The molecule has 6 atom stereocenters. The maximum Gasteiger partial charge on any atom is 0.335 e. The Labute approximate surface area is 502 Å². The zero-order chi connectivity index (χ0) is 60.3. The molecule has 466 valence electrons. The van der Waals surface area contributed by atoms with Crippen LogP contribution in [0.25, 0.3) is 0 Å². The SMILES string of the molecule is CC/C=C\C/C=C\C/C=C\C/C=C\C/C=C\CCCC(=O)OC1C(OCC(COC(=O)CCCCCCCC/C=C\C/C=C\C/C=C\CCCCC)OC(=O)CCCCCC/C=C\C/C=C\C/C=C\C/C=C\CC)OC(C(=O)O)C(O)C1O. The zero-order valence-electron chi connectivity index (χ0n) is 51.4. The molecular weight excluding hydrogens is 1040 g/mol. The van der Waals surface area contributed by atoms with Crippen LogP contribution in [0.3, 0.4) is 0 Å². The van der Waals surface area contributed by atoms with Gasteiger partial charge in [0, 0.05) is 19.3 Å². The van der Waals surface area contributed by atoms with Gasteiger partial charge in [-0.15, -0.1) is 0 Å². The van der Waals surface area contributed by atoms with Gasteiger partial charge in [0.25, 0.3) is 0 Å². The summed E-state index contributed by atoms with van der Waals surface area (Å²) in [5, 5.41) is 31.6. The summed E-state index contributed by atoms with van der Waals surface area (Å²) < 4.78 is 28.4. The third-order valence-corrected chi connectivity index (χ3v) is 13.4. The van der Waals surface area contributed by atoms with Crippen molar-refractivity contribution in [3.8, 4) is 0 Å². The Morgan fingerprint density at radius 2 is 0.771 bits per heavy atom. The van der Waals surface area contributed by atoms with Crippen LogP contribution in [-0.2, 0) is 42.9 Å². The Morgan fingerprint density at radius 1 is 0.410 bits per heavy atom. The second kappa shape index (κ2) is 57.1. The number of aliphatic hydroxyl groups is 2. The fourth-order valence-electron chi connectivity index (χ4n) is 8.58. The highest BCUT2D eigenvalue weighted by Gasteiger charge is 2.50. The lowest BCUT2D eigenvalue weighted by Crippen LogP contribution is -2.61. The summed E-state index contributed by atoms with van der Waals surface area (Å²) in [4.78, 5) is 51.3. The van der Waals surface area contributed by atoms with Crippen LogP contribution in [0.1, 0.15) is 226 Å². The van der Waals surface area contributed by atoms with Crippen molar-refractivity contribution < 1.29 is 58.2 Å². The van der Waals surface area contributed by atoms with Crippen LogP contribution in [0.5, 0.6) is 0 Å². The summed E-state index contributed by atoms with van der Waals surface area (Å²) in [6, 6.07) is 0. The summed E-state index contributed by atoms with van der Waals surface area (Å²) in [6.07, 6.45) is 69.5. The van der Waals surface area contributed by atoms with Crippen LogP contribution in [-0.4, -0.2) is 89.2 Å². The topological polar surface area (TPSA) is 175 Å². The van der Waals surface area contributed by atoms with E-state index in [1.165, 1.54) is 25.7 Å². The first-order valence-corrected chi connectivity index (χ1v) is 31.8. The third-order valence-electron chi connectivity index (χ3n) is 13.4. The standard InChI is InChI=1S/C71H110O12/c1-4-7-10-13-16-19-22-25-28-31-32-35-36-39-42-45-48-51-54-57-63(72)79-60-62(81-64(73)58-55-52-49-46-43-40-37-33-29-26-23-20-17-14-11-8-5-2)61-80-71-69(67(76)66(75)68(83-71)70(77)78)82-65(74)59-56-53-50-47-44-41-38-34-30-27-24-21-18-15-12-9-6-3/h8-9,11-12,16-21,25-30,32,35,37-38,40-41,47,50,62,66-69,71,75-76H,4-7,10,13-15,22-24,31,33-34,36,39,42-46,48-49,51-61H2,1-3H3,(H,77,78)/b11-8-,12-9-,19-16-,20-17-,21-18-,28-25-,29-26-,30-27-,35-32-,40-37-,41-38-,50-47-. The van der Waals surface area contributed by atoms with Gasteiger partial charge in [-0.2, -0.15) is 0 Å². The highest BCUT2D eigenvalue weighted by molar-refractivity contribution is 5.74. The maximum atomic E-state index is 13.2. The molecule has 0 aromatic carbocycles. The Hall–Kier alpha value is -5.40. The number of esters is 3. The molecule has 1 aliphatic rings. The van der Waals surface area contributed by atoms with Crippen LogP contribution in [0.15, 0.2) is 146 Å². The number of carboxylic acids is 1. The van der Waals surface area contributed by atoms with Crippen molar-refractivity contribution in [2.75, 3.05) is 13.2 Å². The number of allylic oxidation sites excluding steroid dienone is 24. The molecule has 1 fully saturated rings. The largest absolute Gasteiger partial charge is 0.479 e. The summed E-state index contributed by atoms with van der Waals surface area (Å²) in [7, 11) is 0. The molecule has 0 saturated carbocycles. The quantitative estimate of drug-likeness (QED) is 0.0228. The lowest BCUT2D eigenvalue weighted by atomic mass is 9.98. The number of ether oxygens (including phenoxy) is 5. The van der Waals surface area contributed by atoms with Gasteiger partial charge >= 0.3 is 23.9 Å². The lowest BCUT2D eigenvalue weighted by Gasteiger charge is -2.40. The summed E-state index contributed by atoms with van der Waals surface area (Å²) in [6.45, 7) is 5.68. The average molecular weight is 1160 g/mol.